The highest BCUT2D eigenvalue weighted by Gasteiger charge is 2.32. The van der Waals surface area contributed by atoms with E-state index in [4.69, 9.17) is 10.2 Å². The maximum atomic E-state index is 6.17. The van der Waals surface area contributed by atoms with Crippen molar-refractivity contribution >= 4 is 12.0 Å². The van der Waals surface area contributed by atoms with Crippen LogP contribution in [0, 0.1) is 6.92 Å². The first-order valence-corrected chi connectivity index (χ1v) is 5.57. The summed E-state index contributed by atoms with van der Waals surface area (Å²) < 4.78 is 7.02. The van der Waals surface area contributed by atoms with Gasteiger partial charge in [0.15, 0.2) is 5.76 Å². The van der Waals surface area contributed by atoms with Crippen LogP contribution in [0.3, 0.4) is 0 Å². The second-order valence-electron chi connectivity index (χ2n) is 4.10. The summed E-state index contributed by atoms with van der Waals surface area (Å²) in [5, 5.41) is 7.43. The number of furan rings is 1. The van der Waals surface area contributed by atoms with Crippen LogP contribution in [0.5, 0.6) is 0 Å². The van der Waals surface area contributed by atoms with Gasteiger partial charge in [-0.3, -0.25) is 5.73 Å². The van der Waals surface area contributed by atoms with Crippen LogP contribution in [0.15, 0.2) is 46.1 Å². The molecule has 3 N–H and O–H groups in total. The van der Waals surface area contributed by atoms with E-state index >= 15 is 0 Å². The highest BCUT2D eigenvalue weighted by Crippen LogP contribution is 2.22. The molecule has 0 bridgehead atoms. The lowest BCUT2D eigenvalue weighted by atomic mass is 10.2. The van der Waals surface area contributed by atoms with Gasteiger partial charge < -0.3 is 9.73 Å². The second kappa shape index (κ2) is 3.85. The highest BCUT2D eigenvalue weighted by molar-refractivity contribution is 5.80. The molecular formula is C12H13N5O. The Morgan fingerprint density at radius 2 is 2.33 bits per heavy atom. The summed E-state index contributed by atoms with van der Waals surface area (Å²) in [7, 11) is 0. The third kappa shape index (κ3) is 1.72. The minimum absolute atomic E-state index is 0.549. The molecule has 0 aromatic carbocycles. The van der Waals surface area contributed by atoms with Gasteiger partial charge in [-0.15, -0.1) is 0 Å². The van der Waals surface area contributed by atoms with Crippen LogP contribution in [0.2, 0.25) is 0 Å². The number of aryl methyl sites for hydroxylation is 1. The summed E-state index contributed by atoms with van der Waals surface area (Å²) in [6, 6.07) is 5.47. The number of rotatable bonds is 2. The van der Waals surface area contributed by atoms with Gasteiger partial charge in [-0.1, -0.05) is 0 Å². The van der Waals surface area contributed by atoms with Gasteiger partial charge in [-0.25, -0.2) is 9.67 Å². The Hall–Kier alpha value is -2.34. The van der Waals surface area contributed by atoms with Crippen LogP contribution >= 0.6 is 0 Å². The first-order chi connectivity index (χ1) is 8.67. The predicted octanol–water partition coefficient (Wildman–Crippen LogP) is 1.03. The van der Waals surface area contributed by atoms with Crippen LogP contribution in [0.1, 0.15) is 11.5 Å². The average molecular weight is 243 g/mol. The molecule has 6 heteroatoms. The maximum absolute atomic E-state index is 6.17. The first-order valence-electron chi connectivity index (χ1n) is 5.57. The van der Waals surface area contributed by atoms with Gasteiger partial charge in [-0.05, 0) is 31.2 Å². The van der Waals surface area contributed by atoms with Crippen molar-refractivity contribution in [2.45, 2.75) is 12.7 Å². The number of aliphatic imine (C=N–C) groups is 1. The standard InChI is InChI=1S/C12H13N5O/c1-9-5-7-17(16-9)11-4-6-14-12(13,15-11)10-3-2-8-18-10/h2-8,15H,13H2,1H3. The van der Waals surface area contributed by atoms with Gasteiger partial charge in [0.25, 0.3) is 0 Å². The van der Waals surface area contributed by atoms with Gasteiger partial charge in [0.2, 0.25) is 5.79 Å². The number of nitrogens with one attached hydrogen (secondary N) is 1. The van der Waals surface area contributed by atoms with Gasteiger partial charge >= 0.3 is 0 Å². The van der Waals surface area contributed by atoms with Crippen LogP contribution < -0.4 is 11.1 Å². The highest BCUT2D eigenvalue weighted by atomic mass is 16.3. The minimum atomic E-state index is -1.09. The molecule has 1 aliphatic rings. The molecule has 1 aliphatic heterocycles. The van der Waals surface area contributed by atoms with Crippen molar-refractivity contribution in [3.8, 4) is 0 Å². The lowest BCUT2D eigenvalue weighted by molar-refractivity contribution is 0.320. The topological polar surface area (TPSA) is 81.4 Å². The maximum Gasteiger partial charge on any atom is 0.243 e. The van der Waals surface area contributed by atoms with Crippen molar-refractivity contribution < 1.29 is 4.42 Å². The normalized spacial score (nSPS) is 22.7. The fourth-order valence-corrected chi connectivity index (χ4v) is 1.80. The Kier molecular flexibility index (Phi) is 2.31. The fraction of sp³-hybridized carbons (Fsp3) is 0.167. The molecule has 92 valence electrons. The van der Waals surface area contributed by atoms with E-state index in [1.807, 2.05) is 19.2 Å². The molecule has 0 aliphatic carbocycles. The zero-order chi connectivity index (χ0) is 12.6. The number of nitrogens with zero attached hydrogens (tertiary/aromatic N) is 3. The lowest BCUT2D eigenvalue weighted by Gasteiger charge is -2.28. The van der Waals surface area contributed by atoms with E-state index in [9.17, 15) is 0 Å². The Morgan fingerprint density at radius 3 is 3.00 bits per heavy atom. The summed E-state index contributed by atoms with van der Waals surface area (Å²) >= 11 is 0. The van der Waals surface area contributed by atoms with E-state index in [2.05, 4.69) is 15.4 Å². The lowest BCUT2D eigenvalue weighted by Crippen LogP contribution is -2.50. The van der Waals surface area contributed by atoms with Crippen LogP contribution in [-0.2, 0) is 5.79 Å². The summed E-state index contributed by atoms with van der Waals surface area (Å²) in [5.41, 5.74) is 7.11. The van der Waals surface area contributed by atoms with E-state index in [1.165, 1.54) is 0 Å². The molecule has 2 aromatic rings. The molecule has 2 aromatic heterocycles. The zero-order valence-corrected chi connectivity index (χ0v) is 9.87. The van der Waals surface area contributed by atoms with Gasteiger partial charge in [0.1, 0.15) is 5.82 Å². The third-order valence-corrected chi connectivity index (χ3v) is 2.70. The molecule has 3 heterocycles. The fourth-order valence-electron chi connectivity index (χ4n) is 1.80. The largest absolute Gasteiger partial charge is 0.463 e. The summed E-state index contributed by atoms with van der Waals surface area (Å²) in [6.45, 7) is 1.93. The third-order valence-electron chi connectivity index (χ3n) is 2.70. The number of aromatic nitrogens is 2. The van der Waals surface area contributed by atoms with Gasteiger partial charge in [0.05, 0.1) is 12.0 Å². The molecule has 0 saturated heterocycles. The van der Waals surface area contributed by atoms with Crippen molar-refractivity contribution in [2.24, 2.45) is 10.7 Å². The molecule has 0 saturated carbocycles. The molecule has 1 atom stereocenters. The molecule has 0 radical (unpaired) electrons. The summed E-state index contributed by atoms with van der Waals surface area (Å²) in [6.07, 6.45) is 6.87. The molecule has 3 rings (SSSR count). The van der Waals surface area contributed by atoms with Crippen molar-refractivity contribution in [3.05, 3.63) is 48.2 Å². The van der Waals surface area contributed by atoms with E-state index in [1.54, 1.807) is 35.4 Å². The monoisotopic (exact) mass is 243 g/mol. The smallest absolute Gasteiger partial charge is 0.243 e. The summed E-state index contributed by atoms with van der Waals surface area (Å²) in [5.74, 6) is 0.207. The molecule has 0 spiro atoms. The van der Waals surface area contributed by atoms with Crippen molar-refractivity contribution in [1.29, 1.82) is 0 Å². The zero-order valence-electron chi connectivity index (χ0n) is 9.87. The van der Waals surface area contributed by atoms with E-state index in [-0.39, 0.29) is 0 Å². The SMILES string of the molecule is Cc1ccn(C2=CC=NC(N)(c3ccco3)N2)n1. The average Bonchev–Trinajstić information content (AvgIpc) is 2.99. The van der Waals surface area contributed by atoms with E-state index < -0.39 is 5.79 Å². The minimum Gasteiger partial charge on any atom is -0.463 e. The molecular weight excluding hydrogens is 230 g/mol. The Morgan fingerprint density at radius 1 is 1.44 bits per heavy atom. The second-order valence-corrected chi connectivity index (χ2v) is 4.10. The van der Waals surface area contributed by atoms with E-state index in [0.29, 0.717) is 5.76 Å². The summed E-state index contributed by atoms with van der Waals surface area (Å²) in [4.78, 5) is 4.22. The number of hydrogen-bond acceptors (Lipinski definition) is 5. The number of allylic oxidation sites excluding steroid dienone is 1. The number of hydrogen-bond donors (Lipinski definition) is 2. The van der Waals surface area contributed by atoms with E-state index in [0.717, 1.165) is 11.5 Å². The van der Waals surface area contributed by atoms with Crippen molar-refractivity contribution in [2.75, 3.05) is 0 Å². The van der Waals surface area contributed by atoms with Crippen LogP contribution in [0.25, 0.3) is 5.82 Å². The molecule has 0 amide bonds. The van der Waals surface area contributed by atoms with Crippen LogP contribution in [0.4, 0.5) is 0 Å². The Bertz CT molecular complexity index is 610. The predicted molar refractivity (Wildman–Crippen MR) is 67.4 cm³/mol. The number of nitrogens with two attached hydrogens (primary N) is 1. The molecule has 0 fully saturated rings. The Balaban J connectivity index is 1.93. The van der Waals surface area contributed by atoms with Crippen molar-refractivity contribution in [3.63, 3.8) is 0 Å². The van der Waals surface area contributed by atoms with Gasteiger partial charge in [-0.2, -0.15) is 5.10 Å². The Labute approximate surface area is 104 Å². The quantitative estimate of drug-likeness (QED) is 0.825. The van der Waals surface area contributed by atoms with Gasteiger partial charge in [0, 0.05) is 12.4 Å². The first kappa shape index (κ1) is 10.8. The molecule has 6 nitrogen and oxygen atoms in total. The van der Waals surface area contributed by atoms with Crippen LogP contribution in [-0.4, -0.2) is 16.0 Å². The molecule has 18 heavy (non-hydrogen) atoms. The van der Waals surface area contributed by atoms with Crippen molar-refractivity contribution in [1.82, 2.24) is 15.1 Å². The molecule has 1 unspecified atom stereocenters.